The number of nitrogens with one attached hydrogen (secondary N) is 1. The maximum Gasteiger partial charge on any atom is 0.288 e. The SMILES string of the molecule is Cc1cnc2ccc(-c3nc(C(=O)N(N)CC4CC(C)(C)CN4)cnc3-c3ncco3)cn12. The minimum absolute atomic E-state index is 0.139. The molecule has 0 aromatic carbocycles. The molecule has 1 unspecified atom stereocenters. The predicted octanol–water partition coefficient (Wildman–Crippen LogP) is 2.46. The molecule has 33 heavy (non-hydrogen) atoms. The predicted molar refractivity (Wildman–Crippen MR) is 122 cm³/mol. The van der Waals surface area contributed by atoms with Gasteiger partial charge in [-0.05, 0) is 30.9 Å². The molecule has 10 heteroatoms. The third-order valence-electron chi connectivity index (χ3n) is 5.94. The molecule has 0 radical (unpaired) electrons. The van der Waals surface area contributed by atoms with E-state index in [1.54, 1.807) is 12.4 Å². The summed E-state index contributed by atoms with van der Waals surface area (Å²) in [6, 6.07) is 3.91. The summed E-state index contributed by atoms with van der Waals surface area (Å²) in [6.07, 6.45) is 9.08. The van der Waals surface area contributed by atoms with Crippen LogP contribution in [0.1, 0.15) is 36.5 Å². The summed E-state index contributed by atoms with van der Waals surface area (Å²) in [5, 5.41) is 4.64. The second-order valence-corrected chi connectivity index (χ2v) is 9.24. The largest absolute Gasteiger partial charge is 0.443 e. The summed E-state index contributed by atoms with van der Waals surface area (Å²) in [7, 11) is 0. The van der Waals surface area contributed by atoms with Crippen molar-refractivity contribution in [1.82, 2.24) is 34.7 Å². The molecule has 5 rings (SSSR count). The van der Waals surface area contributed by atoms with Gasteiger partial charge in [-0.15, -0.1) is 0 Å². The third-order valence-corrected chi connectivity index (χ3v) is 5.94. The van der Waals surface area contributed by atoms with Crippen molar-refractivity contribution < 1.29 is 9.21 Å². The molecule has 1 aliphatic rings. The van der Waals surface area contributed by atoms with Gasteiger partial charge >= 0.3 is 0 Å². The molecular formula is C23H26N8O2. The molecule has 0 aliphatic carbocycles. The average Bonchev–Trinajstić information content (AvgIpc) is 3.54. The zero-order valence-corrected chi connectivity index (χ0v) is 18.8. The zero-order valence-electron chi connectivity index (χ0n) is 18.8. The molecule has 1 atom stereocenters. The van der Waals surface area contributed by atoms with Gasteiger partial charge in [-0.25, -0.2) is 25.8 Å². The minimum Gasteiger partial charge on any atom is -0.443 e. The lowest BCUT2D eigenvalue weighted by Gasteiger charge is -2.21. The van der Waals surface area contributed by atoms with E-state index in [1.165, 1.54) is 17.5 Å². The number of carbonyl (C=O) groups excluding carboxylic acids is 1. The van der Waals surface area contributed by atoms with E-state index in [0.717, 1.165) is 29.9 Å². The summed E-state index contributed by atoms with van der Waals surface area (Å²) in [6.45, 7) is 7.64. The molecule has 0 spiro atoms. The quantitative estimate of drug-likeness (QED) is 0.272. The van der Waals surface area contributed by atoms with Crippen LogP contribution in [0, 0.1) is 12.3 Å². The van der Waals surface area contributed by atoms with Crippen LogP contribution in [-0.4, -0.2) is 54.4 Å². The lowest BCUT2D eigenvalue weighted by Crippen LogP contribution is -2.45. The van der Waals surface area contributed by atoms with E-state index in [2.05, 4.69) is 39.1 Å². The smallest absolute Gasteiger partial charge is 0.288 e. The first kappa shape index (κ1) is 21.2. The number of pyridine rings is 1. The molecule has 170 valence electrons. The van der Waals surface area contributed by atoms with Crippen molar-refractivity contribution in [2.45, 2.75) is 33.2 Å². The lowest BCUT2D eigenvalue weighted by atomic mass is 9.90. The van der Waals surface area contributed by atoms with Gasteiger partial charge in [0.25, 0.3) is 5.91 Å². The Balaban J connectivity index is 1.50. The Kier molecular flexibility index (Phi) is 5.18. The second-order valence-electron chi connectivity index (χ2n) is 9.24. The number of aromatic nitrogens is 5. The summed E-state index contributed by atoms with van der Waals surface area (Å²) >= 11 is 0. The normalized spacial score (nSPS) is 17.5. The molecule has 3 N–H and O–H groups in total. The van der Waals surface area contributed by atoms with Gasteiger partial charge in [0.05, 0.1) is 18.9 Å². The Hall–Kier alpha value is -3.63. The van der Waals surface area contributed by atoms with Gasteiger partial charge in [-0.2, -0.15) is 0 Å². The maximum absolute atomic E-state index is 13.1. The monoisotopic (exact) mass is 446 g/mol. The van der Waals surface area contributed by atoms with E-state index >= 15 is 0 Å². The van der Waals surface area contributed by atoms with Crippen LogP contribution in [0.4, 0.5) is 0 Å². The standard InChI is InChI=1S/C23H26N8O2/c1-14-9-26-18-5-4-15(11-30(14)18)19-20(21-25-6-7-33-21)27-10-17(29-19)22(32)31(24)12-16-8-23(2,3)13-28-16/h4-7,9-11,16,28H,8,12-13,24H2,1-3H3. The van der Waals surface area contributed by atoms with Gasteiger partial charge in [0.15, 0.2) is 5.69 Å². The van der Waals surface area contributed by atoms with Crippen molar-refractivity contribution in [2.75, 3.05) is 13.1 Å². The van der Waals surface area contributed by atoms with Crippen molar-refractivity contribution in [3.63, 3.8) is 0 Å². The fourth-order valence-corrected chi connectivity index (χ4v) is 4.26. The molecule has 1 aliphatic heterocycles. The number of oxazole rings is 1. The summed E-state index contributed by atoms with van der Waals surface area (Å²) in [4.78, 5) is 30.8. The number of amides is 1. The number of carbonyl (C=O) groups is 1. The second kappa shape index (κ2) is 8.05. The van der Waals surface area contributed by atoms with Crippen LogP contribution in [0.2, 0.25) is 0 Å². The first-order valence-corrected chi connectivity index (χ1v) is 10.8. The lowest BCUT2D eigenvalue weighted by molar-refractivity contribution is 0.0733. The van der Waals surface area contributed by atoms with Crippen molar-refractivity contribution in [1.29, 1.82) is 0 Å². The summed E-state index contributed by atoms with van der Waals surface area (Å²) < 4.78 is 7.42. The topological polar surface area (TPSA) is 127 Å². The Labute approximate surface area is 190 Å². The molecule has 1 amide bonds. The van der Waals surface area contributed by atoms with Crippen molar-refractivity contribution in [2.24, 2.45) is 11.3 Å². The number of fused-ring (bicyclic) bond motifs is 1. The Bertz CT molecular complexity index is 1310. The number of rotatable bonds is 5. The van der Waals surface area contributed by atoms with Gasteiger partial charge in [0.1, 0.15) is 23.3 Å². The average molecular weight is 447 g/mol. The first-order valence-electron chi connectivity index (χ1n) is 10.8. The van der Waals surface area contributed by atoms with E-state index in [4.69, 9.17) is 10.3 Å². The van der Waals surface area contributed by atoms with Crippen LogP contribution in [0.3, 0.4) is 0 Å². The van der Waals surface area contributed by atoms with E-state index < -0.39 is 5.91 Å². The highest BCUT2D eigenvalue weighted by Crippen LogP contribution is 2.29. The van der Waals surface area contributed by atoms with Crippen molar-refractivity contribution >= 4 is 11.6 Å². The van der Waals surface area contributed by atoms with Crippen molar-refractivity contribution in [3.05, 3.63) is 54.6 Å². The van der Waals surface area contributed by atoms with Gasteiger partial charge in [-0.1, -0.05) is 13.8 Å². The van der Waals surface area contributed by atoms with E-state index in [1.807, 2.05) is 29.7 Å². The van der Waals surface area contributed by atoms with E-state index in [-0.39, 0.29) is 17.2 Å². The first-order chi connectivity index (χ1) is 15.8. The molecule has 1 saturated heterocycles. The highest BCUT2D eigenvalue weighted by molar-refractivity contribution is 5.93. The Morgan fingerprint density at radius 3 is 2.85 bits per heavy atom. The molecular weight excluding hydrogens is 420 g/mol. The van der Waals surface area contributed by atoms with E-state index in [0.29, 0.717) is 23.8 Å². The highest BCUT2D eigenvalue weighted by atomic mass is 16.3. The Morgan fingerprint density at radius 1 is 1.27 bits per heavy atom. The van der Waals surface area contributed by atoms with Crippen LogP contribution in [0.25, 0.3) is 28.5 Å². The fraction of sp³-hybridized carbons (Fsp3) is 0.348. The molecule has 4 aromatic heterocycles. The molecule has 0 saturated carbocycles. The summed E-state index contributed by atoms with van der Waals surface area (Å²) in [5.41, 5.74) is 3.80. The van der Waals surface area contributed by atoms with Crippen LogP contribution >= 0.6 is 0 Å². The van der Waals surface area contributed by atoms with Crippen LogP contribution in [0.5, 0.6) is 0 Å². The number of hydrogen-bond donors (Lipinski definition) is 2. The van der Waals surface area contributed by atoms with E-state index in [9.17, 15) is 4.79 Å². The minimum atomic E-state index is -0.394. The highest BCUT2D eigenvalue weighted by Gasteiger charge is 2.32. The van der Waals surface area contributed by atoms with Gasteiger partial charge < -0.3 is 14.1 Å². The van der Waals surface area contributed by atoms with Crippen LogP contribution in [-0.2, 0) is 0 Å². The van der Waals surface area contributed by atoms with Gasteiger partial charge in [-0.3, -0.25) is 9.80 Å². The number of aryl methyl sites for hydroxylation is 1. The Morgan fingerprint density at radius 2 is 2.12 bits per heavy atom. The molecule has 10 nitrogen and oxygen atoms in total. The molecule has 0 bridgehead atoms. The fourth-order valence-electron chi connectivity index (χ4n) is 4.26. The summed E-state index contributed by atoms with van der Waals surface area (Å²) in [5.74, 6) is 6.08. The number of hydrogen-bond acceptors (Lipinski definition) is 8. The molecule has 1 fully saturated rings. The van der Waals surface area contributed by atoms with Crippen LogP contribution < -0.4 is 11.2 Å². The number of nitrogens with two attached hydrogens (primary N) is 1. The van der Waals surface area contributed by atoms with Crippen molar-refractivity contribution in [3.8, 4) is 22.8 Å². The van der Waals surface area contributed by atoms with Crippen LogP contribution in [0.15, 0.2) is 47.6 Å². The molecule has 5 heterocycles. The number of hydrazine groups is 1. The van der Waals surface area contributed by atoms with Gasteiger partial charge in [0, 0.05) is 36.2 Å². The maximum atomic E-state index is 13.1. The number of imidazole rings is 1. The number of nitrogens with zero attached hydrogens (tertiary/aromatic N) is 6. The zero-order chi connectivity index (χ0) is 23.2. The van der Waals surface area contributed by atoms with Gasteiger partial charge in [0.2, 0.25) is 5.89 Å². The molecule has 4 aromatic rings. The third kappa shape index (κ3) is 4.10.